The summed E-state index contributed by atoms with van der Waals surface area (Å²) in [6.07, 6.45) is -1.98. The first kappa shape index (κ1) is 33.9. The van der Waals surface area contributed by atoms with E-state index in [1.165, 1.54) is 23.9 Å². The van der Waals surface area contributed by atoms with Crippen molar-refractivity contribution in [3.05, 3.63) is 74.3 Å². The van der Waals surface area contributed by atoms with Crippen LogP contribution in [0, 0.1) is 20.2 Å². The molecular formula is C28H36N2O9S2SeSi. The van der Waals surface area contributed by atoms with Crippen molar-refractivity contribution in [2.75, 3.05) is 13.4 Å². The van der Waals surface area contributed by atoms with Crippen LogP contribution in [0.15, 0.2) is 48.5 Å². The molecule has 2 aromatic carbocycles. The van der Waals surface area contributed by atoms with Crippen LogP contribution in [-0.4, -0.2) is 80.0 Å². The van der Waals surface area contributed by atoms with Crippen LogP contribution in [0.4, 0.5) is 11.4 Å². The number of benzene rings is 2. The van der Waals surface area contributed by atoms with Gasteiger partial charge in [-0.05, 0) is 0 Å². The first-order chi connectivity index (χ1) is 20.4. The van der Waals surface area contributed by atoms with Crippen molar-refractivity contribution >= 4 is 67.2 Å². The van der Waals surface area contributed by atoms with Gasteiger partial charge in [-0.15, -0.1) is 0 Å². The zero-order valence-corrected chi connectivity index (χ0v) is 28.8. The van der Waals surface area contributed by atoms with E-state index in [-0.39, 0.29) is 44.7 Å². The molecule has 0 aliphatic carbocycles. The SMILES string of the molecule is C[C@H]1O[C@@H](OCc2ccccc2[N+](=O)[O-])[C@H](OCOCC[Si](C)(C)C)[C@H]2OC(=S)S[C@]21CC[Se]c1ccccc1[N+](=O)[O-]. The Morgan fingerprint density at radius 1 is 1.05 bits per heavy atom. The second-order valence-corrected chi connectivity index (χ2v) is 21.5. The Balaban J connectivity index is 1.53. The molecule has 4 rings (SSSR count). The molecule has 0 saturated carbocycles. The third-order valence-electron chi connectivity index (χ3n) is 7.32. The quantitative estimate of drug-likeness (QED) is 0.0582. The van der Waals surface area contributed by atoms with Gasteiger partial charge in [-0.2, -0.15) is 0 Å². The van der Waals surface area contributed by atoms with Gasteiger partial charge >= 0.3 is 269 Å². The number of thiocarbonyl (C=S) groups is 1. The zero-order chi connectivity index (χ0) is 31.2. The molecule has 2 saturated heterocycles. The van der Waals surface area contributed by atoms with Gasteiger partial charge in [-0.25, -0.2) is 0 Å². The van der Waals surface area contributed by atoms with Crippen molar-refractivity contribution in [1.82, 2.24) is 0 Å². The first-order valence-electron chi connectivity index (χ1n) is 13.9. The maximum absolute atomic E-state index is 11.6. The summed E-state index contributed by atoms with van der Waals surface area (Å²) in [5, 5.41) is 23.8. The number of rotatable bonds is 15. The first-order valence-corrected chi connectivity index (χ1v) is 20.9. The monoisotopic (exact) mass is 716 g/mol. The van der Waals surface area contributed by atoms with Gasteiger partial charge in [0.25, 0.3) is 0 Å². The molecule has 0 aromatic heterocycles. The molecule has 43 heavy (non-hydrogen) atoms. The molecule has 2 aliphatic rings. The van der Waals surface area contributed by atoms with Crippen LogP contribution in [0.3, 0.4) is 0 Å². The number of ether oxygens (including phenoxy) is 5. The number of hydrogen-bond acceptors (Lipinski definition) is 11. The van der Waals surface area contributed by atoms with E-state index >= 15 is 0 Å². The third-order valence-corrected chi connectivity index (χ3v) is 13.0. The van der Waals surface area contributed by atoms with E-state index in [2.05, 4.69) is 19.6 Å². The summed E-state index contributed by atoms with van der Waals surface area (Å²) in [7, 11) is -1.30. The third kappa shape index (κ3) is 8.62. The minimum atomic E-state index is -1.30. The van der Waals surface area contributed by atoms with Crippen LogP contribution in [0.25, 0.3) is 0 Å². The molecule has 2 aliphatic heterocycles. The van der Waals surface area contributed by atoms with Crippen molar-refractivity contribution in [2.24, 2.45) is 0 Å². The summed E-state index contributed by atoms with van der Waals surface area (Å²) in [4.78, 5) is 22.3. The van der Waals surface area contributed by atoms with E-state index < -0.39 is 42.3 Å². The van der Waals surface area contributed by atoms with E-state index in [9.17, 15) is 20.2 Å². The van der Waals surface area contributed by atoms with Gasteiger partial charge in [-0.3, -0.25) is 0 Å². The van der Waals surface area contributed by atoms with E-state index in [4.69, 9.17) is 35.9 Å². The van der Waals surface area contributed by atoms with Gasteiger partial charge in [-0.1, -0.05) is 0 Å². The second-order valence-electron chi connectivity index (χ2n) is 11.5. The zero-order valence-electron chi connectivity index (χ0n) is 24.5. The number of nitrogens with zero attached hydrogens (tertiary/aromatic N) is 2. The Morgan fingerprint density at radius 2 is 1.72 bits per heavy atom. The van der Waals surface area contributed by atoms with Crippen LogP contribution >= 0.6 is 24.0 Å². The molecule has 5 atom stereocenters. The van der Waals surface area contributed by atoms with Gasteiger partial charge in [0.15, 0.2) is 0 Å². The van der Waals surface area contributed by atoms with Crippen LogP contribution in [0.1, 0.15) is 18.9 Å². The number of nitro groups is 2. The minimum absolute atomic E-state index is 0.00819. The molecular weight excluding hydrogens is 679 g/mol. The maximum atomic E-state index is 11.6. The molecule has 2 heterocycles. The summed E-state index contributed by atoms with van der Waals surface area (Å²) < 4.78 is 31.4. The van der Waals surface area contributed by atoms with Crippen molar-refractivity contribution in [3.63, 3.8) is 0 Å². The summed E-state index contributed by atoms with van der Waals surface area (Å²) in [6.45, 7) is 9.22. The van der Waals surface area contributed by atoms with Crippen molar-refractivity contribution < 1.29 is 33.5 Å². The number of para-hydroxylation sites is 2. The fourth-order valence-electron chi connectivity index (χ4n) is 4.93. The predicted molar refractivity (Wildman–Crippen MR) is 172 cm³/mol. The molecule has 0 amide bonds. The van der Waals surface area contributed by atoms with Crippen LogP contribution in [-0.2, 0) is 30.3 Å². The summed E-state index contributed by atoms with van der Waals surface area (Å²) >= 11 is 6.78. The average molecular weight is 716 g/mol. The number of thioether (sulfide) groups is 1. The summed E-state index contributed by atoms with van der Waals surface area (Å²) in [5.74, 6) is 0. The average Bonchev–Trinajstić information content (AvgIpc) is 3.30. The normalized spacial score (nSPS) is 25.3. The van der Waals surface area contributed by atoms with Gasteiger partial charge in [0.2, 0.25) is 0 Å². The molecule has 2 aromatic rings. The molecule has 0 N–H and O–H groups in total. The topological polar surface area (TPSA) is 132 Å². The molecule has 11 nitrogen and oxygen atoms in total. The Morgan fingerprint density at radius 3 is 2.42 bits per heavy atom. The van der Waals surface area contributed by atoms with E-state index in [0.29, 0.717) is 28.3 Å². The van der Waals surface area contributed by atoms with Crippen molar-refractivity contribution in [3.8, 4) is 0 Å². The van der Waals surface area contributed by atoms with Crippen molar-refractivity contribution in [1.29, 1.82) is 0 Å². The Kier molecular flexibility index (Phi) is 11.8. The number of fused-ring (bicyclic) bond motifs is 1. The fourth-order valence-corrected chi connectivity index (χ4v) is 10.1. The Hall–Kier alpha value is -1.94. The fraction of sp³-hybridized carbons (Fsp3) is 0.536. The number of nitro benzene ring substituents is 2. The van der Waals surface area contributed by atoms with Gasteiger partial charge in [0, 0.05) is 0 Å². The Labute approximate surface area is 267 Å². The van der Waals surface area contributed by atoms with Crippen molar-refractivity contribution in [2.45, 2.75) is 80.3 Å². The van der Waals surface area contributed by atoms with E-state index in [1.54, 1.807) is 30.3 Å². The van der Waals surface area contributed by atoms with E-state index in [1.807, 2.05) is 13.0 Å². The van der Waals surface area contributed by atoms with Crippen LogP contribution in [0.2, 0.25) is 31.0 Å². The standard InChI is InChI=1S/C28H36N2O9S2SeSi/c1-19-28(13-15-42-23-12-8-7-11-22(23)30(33)34)25(39-27(40)41-28)24(37-18-35-14-16-43(2,3)4)26(38-19)36-17-20-9-5-6-10-21(20)29(31)32/h5-12,19,24-26H,13-18H2,1-4H3/t19-,24-,25-,26-,28+/m1/s1. The molecule has 2 fully saturated rings. The predicted octanol–water partition coefficient (Wildman–Crippen LogP) is 5.46. The summed E-state index contributed by atoms with van der Waals surface area (Å²) in [5.41, 5.74) is 0.490. The summed E-state index contributed by atoms with van der Waals surface area (Å²) in [6, 6.07) is 14.2. The molecule has 15 heteroatoms. The van der Waals surface area contributed by atoms with Gasteiger partial charge in [0.05, 0.1) is 0 Å². The molecule has 0 unspecified atom stereocenters. The molecule has 234 valence electrons. The van der Waals surface area contributed by atoms with Crippen LogP contribution < -0.4 is 4.46 Å². The molecule has 0 radical (unpaired) electrons. The molecule has 0 bridgehead atoms. The second kappa shape index (κ2) is 14.9. The van der Waals surface area contributed by atoms with Crippen LogP contribution in [0.5, 0.6) is 0 Å². The van der Waals surface area contributed by atoms with Gasteiger partial charge in [0.1, 0.15) is 0 Å². The molecule has 0 spiro atoms. The Bertz CT molecular complexity index is 1320. The van der Waals surface area contributed by atoms with E-state index in [0.717, 1.165) is 10.5 Å². The van der Waals surface area contributed by atoms with Gasteiger partial charge < -0.3 is 0 Å². The number of hydrogen-bond donors (Lipinski definition) is 0.